The van der Waals surface area contributed by atoms with Crippen molar-refractivity contribution in [1.29, 1.82) is 0 Å². The van der Waals surface area contributed by atoms with Gasteiger partial charge in [0.2, 0.25) is 0 Å². The molecule has 2 nitrogen and oxygen atoms in total. The van der Waals surface area contributed by atoms with Gasteiger partial charge in [0.15, 0.2) is 0 Å². The molecule has 0 aromatic carbocycles. The van der Waals surface area contributed by atoms with E-state index in [-0.39, 0.29) is 5.97 Å². The van der Waals surface area contributed by atoms with Crippen molar-refractivity contribution in [1.82, 2.24) is 0 Å². The van der Waals surface area contributed by atoms with E-state index >= 15 is 0 Å². The van der Waals surface area contributed by atoms with Crippen LogP contribution in [-0.2, 0) is 9.53 Å². The fraction of sp³-hybridized carbons (Fsp3) is 0.786. The van der Waals surface area contributed by atoms with E-state index in [4.69, 9.17) is 4.74 Å². The summed E-state index contributed by atoms with van der Waals surface area (Å²) in [6.45, 7) is 4.25. The molecule has 0 N–H and O–H groups in total. The maximum atomic E-state index is 10.5. The van der Waals surface area contributed by atoms with Crippen LogP contribution < -0.4 is 0 Å². The van der Waals surface area contributed by atoms with E-state index in [2.05, 4.69) is 19.1 Å². The zero-order valence-corrected chi connectivity index (χ0v) is 10.8. The molecule has 16 heavy (non-hydrogen) atoms. The van der Waals surface area contributed by atoms with E-state index < -0.39 is 0 Å². The molecular formula is C14H26O2. The Morgan fingerprint density at radius 3 is 2.31 bits per heavy atom. The number of allylic oxidation sites excluding steroid dienone is 2. The van der Waals surface area contributed by atoms with Gasteiger partial charge in [-0.15, -0.1) is 0 Å². The van der Waals surface area contributed by atoms with Gasteiger partial charge in [-0.1, -0.05) is 44.8 Å². The van der Waals surface area contributed by atoms with Gasteiger partial charge in [0, 0.05) is 6.92 Å². The number of ether oxygens (including phenoxy) is 1. The van der Waals surface area contributed by atoms with E-state index in [1.54, 1.807) is 0 Å². The summed E-state index contributed by atoms with van der Waals surface area (Å²) in [6, 6.07) is 0. The maximum Gasteiger partial charge on any atom is 0.302 e. The zero-order chi connectivity index (χ0) is 12.1. The lowest BCUT2D eigenvalue weighted by atomic mass is 10.1. The molecule has 0 fully saturated rings. The molecule has 0 aliphatic carbocycles. The lowest BCUT2D eigenvalue weighted by Crippen LogP contribution is -1.99. The third kappa shape index (κ3) is 13.2. The van der Waals surface area contributed by atoms with Crippen LogP contribution in [0.15, 0.2) is 12.2 Å². The molecule has 0 spiro atoms. The van der Waals surface area contributed by atoms with Crippen LogP contribution in [0.25, 0.3) is 0 Å². The Morgan fingerprint density at radius 1 is 1.00 bits per heavy atom. The fourth-order valence-corrected chi connectivity index (χ4v) is 1.51. The molecule has 0 unspecified atom stereocenters. The summed E-state index contributed by atoms with van der Waals surface area (Å²) < 4.78 is 4.86. The second kappa shape index (κ2) is 12.3. The molecule has 0 saturated heterocycles. The molecule has 0 atom stereocenters. The second-order valence-electron chi connectivity index (χ2n) is 4.16. The molecule has 0 radical (unpaired) electrons. The van der Waals surface area contributed by atoms with Crippen molar-refractivity contribution < 1.29 is 9.53 Å². The number of rotatable bonds is 10. The van der Waals surface area contributed by atoms with Crippen LogP contribution in [-0.4, -0.2) is 12.6 Å². The average molecular weight is 226 g/mol. The first-order chi connectivity index (χ1) is 7.77. The Hall–Kier alpha value is -0.790. The Morgan fingerprint density at radius 2 is 1.62 bits per heavy atom. The summed E-state index contributed by atoms with van der Waals surface area (Å²) in [7, 11) is 0. The predicted octanol–water partition coefficient (Wildman–Crippen LogP) is 4.25. The van der Waals surface area contributed by atoms with Gasteiger partial charge in [-0.2, -0.15) is 0 Å². The van der Waals surface area contributed by atoms with E-state index in [0.717, 1.165) is 6.42 Å². The topological polar surface area (TPSA) is 26.3 Å². The molecular weight excluding hydrogens is 200 g/mol. The predicted molar refractivity (Wildman–Crippen MR) is 68.4 cm³/mol. The molecule has 0 aromatic heterocycles. The summed E-state index contributed by atoms with van der Waals surface area (Å²) in [5.41, 5.74) is 0. The van der Waals surface area contributed by atoms with Crippen LogP contribution in [0.4, 0.5) is 0 Å². The molecule has 0 aromatic rings. The van der Waals surface area contributed by atoms with Crippen molar-refractivity contribution in [3.63, 3.8) is 0 Å². The van der Waals surface area contributed by atoms with E-state index in [1.165, 1.54) is 51.9 Å². The monoisotopic (exact) mass is 226 g/mol. The summed E-state index contributed by atoms with van der Waals surface area (Å²) in [6.07, 6.45) is 14.2. The lowest BCUT2D eigenvalue weighted by Gasteiger charge is -2.01. The quantitative estimate of drug-likeness (QED) is 0.316. The number of unbranched alkanes of at least 4 members (excludes halogenated alkanes) is 6. The standard InChI is InChI=1S/C14H26O2/c1-3-4-5-6-7-8-9-10-11-12-13-16-14(2)15/h5-6H,3-4,7-13H2,1-2H3. The van der Waals surface area contributed by atoms with Gasteiger partial charge >= 0.3 is 5.97 Å². The molecule has 0 rings (SSSR count). The zero-order valence-electron chi connectivity index (χ0n) is 10.8. The van der Waals surface area contributed by atoms with Gasteiger partial charge in [0.05, 0.1) is 6.61 Å². The van der Waals surface area contributed by atoms with Gasteiger partial charge < -0.3 is 4.74 Å². The molecule has 2 heteroatoms. The fourth-order valence-electron chi connectivity index (χ4n) is 1.51. The number of carbonyl (C=O) groups excluding carboxylic acids is 1. The highest BCUT2D eigenvalue weighted by Gasteiger charge is 1.93. The van der Waals surface area contributed by atoms with E-state index in [0.29, 0.717) is 6.61 Å². The highest BCUT2D eigenvalue weighted by molar-refractivity contribution is 5.65. The van der Waals surface area contributed by atoms with Gasteiger partial charge in [-0.25, -0.2) is 0 Å². The van der Waals surface area contributed by atoms with Gasteiger partial charge in [0.1, 0.15) is 0 Å². The Balaban J connectivity index is 3.01. The first-order valence-corrected chi connectivity index (χ1v) is 6.55. The Labute approximate surface area is 100 Å². The maximum absolute atomic E-state index is 10.5. The van der Waals surface area contributed by atoms with Crippen molar-refractivity contribution in [2.24, 2.45) is 0 Å². The number of hydrogen-bond acceptors (Lipinski definition) is 2. The smallest absolute Gasteiger partial charge is 0.302 e. The van der Waals surface area contributed by atoms with Crippen LogP contribution in [0, 0.1) is 0 Å². The number of hydrogen-bond donors (Lipinski definition) is 0. The van der Waals surface area contributed by atoms with Gasteiger partial charge in [0.25, 0.3) is 0 Å². The summed E-state index contributed by atoms with van der Waals surface area (Å²) in [4.78, 5) is 10.5. The first-order valence-electron chi connectivity index (χ1n) is 6.55. The number of carbonyl (C=O) groups is 1. The van der Waals surface area contributed by atoms with Crippen molar-refractivity contribution >= 4 is 5.97 Å². The third-order valence-electron chi connectivity index (χ3n) is 2.44. The molecule has 94 valence electrons. The molecule has 0 saturated carbocycles. The third-order valence-corrected chi connectivity index (χ3v) is 2.44. The molecule has 0 bridgehead atoms. The second-order valence-corrected chi connectivity index (χ2v) is 4.16. The minimum atomic E-state index is -0.166. The molecule has 0 aliphatic rings. The van der Waals surface area contributed by atoms with Crippen LogP contribution in [0.2, 0.25) is 0 Å². The minimum absolute atomic E-state index is 0.166. The minimum Gasteiger partial charge on any atom is -0.466 e. The van der Waals surface area contributed by atoms with Crippen LogP contribution in [0.5, 0.6) is 0 Å². The first kappa shape index (κ1) is 15.2. The Kier molecular flexibility index (Phi) is 11.7. The van der Waals surface area contributed by atoms with Crippen LogP contribution >= 0.6 is 0 Å². The molecule has 0 amide bonds. The Bertz CT molecular complexity index is 185. The van der Waals surface area contributed by atoms with Gasteiger partial charge in [-0.3, -0.25) is 4.79 Å². The largest absolute Gasteiger partial charge is 0.466 e. The van der Waals surface area contributed by atoms with Crippen molar-refractivity contribution in [3.05, 3.63) is 12.2 Å². The summed E-state index contributed by atoms with van der Waals surface area (Å²) in [5, 5.41) is 0. The summed E-state index contributed by atoms with van der Waals surface area (Å²) in [5.74, 6) is -0.166. The van der Waals surface area contributed by atoms with Crippen molar-refractivity contribution in [2.45, 2.75) is 65.2 Å². The van der Waals surface area contributed by atoms with E-state index in [1.807, 2.05) is 0 Å². The van der Waals surface area contributed by atoms with Crippen molar-refractivity contribution in [2.75, 3.05) is 6.61 Å². The summed E-state index contributed by atoms with van der Waals surface area (Å²) >= 11 is 0. The van der Waals surface area contributed by atoms with Crippen LogP contribution in [0.1, 0.15) is 65.2 Å². The SMILES string of the molecule is CCCC=CCCCCCCCOC(C)=O. The van der Waals surface area contributed by atoms with Gasteiger partial charge in [-0.05, 0) is 25.7 Å². The van der Waals surface area contributed by atoms with Crippen molar-refractivity contribution in [3.8, 4) is 0 Å². The number of esters is 1. The highest BCUT2D eigenvalue weighted by atomic mass is 16.5. The van der Waals surface area contributed by atoms with Crippen LogP contribution in [0.3, 0.4) is 0 Å². The highest BCUT2D eigenvalue weighted by Crippen LogP contribution is 2.06. The van der Waals surface area contributed by atoms with E-state index in [9.17, 15) is 4.79 Å². The molecule has 0 aliphatic heterocycles. The normalized spacial score (nSPS) is 10.9. The average Bonchev–Trinajstić information content (AvgIpc) is 2.25. The lowest BCUT2D eigenvalue weighted by molar-refractivity contribution is -0.141. The molecule has 0 heterocycles.